The Labute approximate surface area is 225 Å². The molecule has 206 valence electrons. The van der Waals surface area contributed by atoms with E-state index in [4.69, 9.17) is 5.53 Å². The van der Waals surface area contributed by atoms with Gasteiger partial charge in [0.25, 0.3) is 17.7 Å². The van der Waals surface area contributed by atoms with Crippen molar-refractivity contribution in [2.45, 2.75) is 34.1 Å². The largest absolute Gasteiger partial charge is 0.352 e. The van der Waals surface area contributed by atoms with Crippen molar-refractivity contribution in [3.8, 4) is 0 Å². The first-order chi connectivity index (χ1) is 18.3. The zero-order valence-electron chi connectivity index (χ0n) is 23.0. The van der Waals surface area contributed by atoms with E-state index in [1.165, 1.54) is 0 Å². The second kappa shape index (κ2) is 16.3. The molecule has 2 aromatic carbocycles. The van der Waals surface area contributed by atoms with Crippen LogP contribution in [-0.4, -0.2) is 79.9 Å². The van der Waals surface area contributed by atoms with Gasteiger partial charge >= 0.3 is 0 Å². The van der Waals surface area contributed by atoms with Crippen molar-refractivity contribution < 1.29 is 14.4 Å². The average molecular weight is 524 g/mol. The summed E-state index contributed by atoms with van der Waals surface area (Å²) in [5.41, 5.74) is 8.80. The highest BCUT2D eigenvalue weighted by atomic mass is 16.2. The number of amides is 3. The summed E-state index contributed by atoms with van der Waals surface area (Å²) >= 11 is 0. The van der Waals surface area contributed by atoms with Gasteiger partial charge in [0.2, 0.25) is 0 Å². The van der Waals surface area contributed by atoms with Gasteiger partial charge in [-0.15, -0.1) is 0 Å². The first-order valence-corrected chi connectivity index (χ1v) is 13.3. The molecule has 0 saturated heterocycles. The van der Waals surface area contributed by atoms with Gasteiger partial charge in [-0.05, 0) is 81.6 Å². The molecule has 0 aliphatic carbocycles. The number of carbonyl (C=O) groups excluding carboxylic acids is 3. The molecule has 0 saturated carbocycles. The number of rotatable bonds is 16. The molecule has 10 heteroatoms. The molecular weight excluding hydrogens is 482 g/mol. The Hall–Kier alpha value is -3.63. The Balaban J connectivity index is 2.18. The maximum Gasteiger partial charge on any atom is 0.255 e. The van der Waals surface area contributed by atoms with Crippen molar-refractivity contribution in [2.75, 3.05) is 57.7 Å². The summed E-state index contributed by atoms with van der Waals surface area (Å²) in [5, 5.41) is 12.0. The van der Waals surface area contributed by atoms with Gasteiger partial charge in [0.1, 0.15) is 0 Å². The summed E-state index contributed by atoms with van der Waals surface area (Å²) in [5.74, 6) is -1.02. The van der Waals surface area contributed by atoms with Crippen LogP contribution in [-0.2, 0) is 0 Å². The molecule has 0 unspecified atom stereocenters. The number of nitrogens with zero attached hydrogens (tertiary/aromatic N) is 3. The van der Waals surface area contributed by atoms with Crippen LogP contribution in [0.3, 0.4) is 0 Å². The molecule has 2 rings (SSSR count). The lowest BCUT2D eigenvalue weighted by Gasteiger charge is -2.18. The molecular formula is C28H41N7O3. The van der Waals surface area contributed by atoms with Crippen molar-refractivity contribution >= 4 is 29.1 Å². The second-order valence-electron chi connectivity index (χ2n) is 8.83. The fourth-order valence-electron chi connectivity index (χ4n) is 3.97. The first kappa shape index (κ1) is 30.6. The van der Waals surface area contributed by atoms with Gasteiger partial charge in [-0.25, -0.2) is 5.53 Å². The molecule has 0 aliphatic heterocycles. The number of hydrogen-bond donors (Lipinski definition) is 4. The minimum Gasteiger partial charge on any atom is -0.352 e. The van der Waals surface area contributed by atoms with E-state index in [2.05, 4.69) is 58.6 Å². The topological polar surface area (TPSA) is 130 Å². The first-order valence-electron chi connectivity index (χ1n) is 13.3. The van der Waals surface area contributed by atoms with Crippen molar-refractivity contribution in [1.29, 1.82) is 5.53 Å². The zero-order valence-corrected chi connectivity index (χ0v) is 23.0. The minimum atomic E-state index is -0.397. The van der Waals surface area contributed by atoms with E-state index in [0.717, 1.165) is 45.7 Å². The van der Waals surface area contributed by atoms with E-state index in [1.807, 2.05) is 0 Å². The van der Waals surface area contributed by atoms with Crippen LogP contribution in [0.2, 0.25) is 0 Å². The Bertz CT molecular complexity index is 1060. The van der Waals surface area contributed by atoms with Gasteiger partial charge in [-0.3, -0.25) is 14.4 Å². The van der Waals surface area contributed by atoms with Crippen LogP contribution in [0.25, 0.3) is 0 Å². The molecule has 0 aromatic heterocycles. The molecule has 2 aromatic rings. The van der Waals surface area contributed by atoms with Crippen LogP contribution >= 0.6 is 0 Å². The van der Waals surface area contributed by atoms with E-state index in [1.54, 1.807) is 42.5 Å². The van der Waals surface area contributed by atoms with Gasteiger partial charge in [0.15, 0.2) is 0 Å². The molecule has 0 aliphatic rings. The Morgan fingerprint density at radius 3 is 1.76 bits per heavy atom. The average Bonchev–Trinajstić information content (AvgIpc) is 2.95. The molecule has 10 nitrogen and oxygen atoms in total. The van der Waals surface area contributed by atoms with Gasteiger partial charge in [-0.2, -0.15) is 5.11 Å². The lowest BCUT2D eigenvalue weighted by atomic mass is 10.1. The summed E-state index contributed by atoms with van der Waals surface area (Å²) in [7, 11) is 0. The highest BCUT2D eigenvalue weighted by Gasteiger charge is 2.15. The van der Waals surface area contributed by atoms with Gasteiger partial charge in [0, 0.05) is 42.0 Å². The summed E-state index contributed by atoms with van der Waals surface area (Å²) in [6, 6.07) is 10.9. The fourth-order valence-corrected chi connectivity index (χ4v) is 3.97. The van der Waals surface area contributed by atoms with Crippen LogP contribution in [0.4, 0.5) is 11.4 Å². The van der Waals surface area contributed by atoms with Gasteiger partial charge in [-0.1, -0.05) is 27.7 Å². The minimum absolute atomic E-state index is 0.291. The molecule has 0 radical (unpaired) electrons. The Kier molecular flexibility index (Phi) is 13.1. The Morgan fingerprint density at radius 2 is 1.24 bits per heavy atom. The molecule has 0 spiro atoms. The highest BCUT2D eigenvalue weighted by Crippen LogP contribution is 2.18. The van der Waals surface area contributed by atoms with Crippen molar-refractivity contribution in [2.24, 2.45) is 5.11 Å². The third kappa shape index (κ3) is 9.68. The van der Waals surface area contributed by atoms with Crippen molar-refractivity contribution in [1.82, 2.24) is 20.4 Å². The van der Waals surface area contributed by atoms with Crippen LogP contribution < -0.4 is 16.0 Å². The lowest BCUT2D eigenvalue weighted by Crippen LogP contribution is -2.35. The summed E-state index contributed by atoms with van der Waals surface area (Å²) in [6.07, 6.45) is 0.809. The normalized spacial score (nSPS) is 10.9. The van der Waals surface area contributed by atoms with Gasteiger partial charge in [0.05, 0.1) is 5.69 Å². The third-order valence-electron chi connectivity index (χ3n) is 6.41. The maximum absolute atomic E-state index is 13.0. The van der Waals surface area contributed by atoms with E-state index in [9.17, 15) is 14.4 Å². The van der Waals surface area contributed by atoms with E-state index in [0.29, 0.717) is 41.2 Å². The lowest BCUT2D eigenvalue weighted by molar-refractivity contribution is 0.0947. The summed E-state index contributed by atoms with van der Waals surface area (Å²) in [4.78, 5) is 43.2. The molecule has 0 bridgehead atoms. The van der Waals surface area contributed by atoms with Crippen LogP contribution in [0.15, 0.2) is 47.6 Å². The highest BCUT2D eigenvalue weighted by molar-refractivity contribution is 6.07. The van der Waals surface area contributed by atoms with Crippen molar-refractivity contribution in [3.05, 3.63) is 59.2 Å². The molecule has 0 atom stereocenters. The van der Waals surface area contributed by atoms with Gasteiger partial charge < -0.3 is 25.8 Å². The molecule has 0 heterocycles. The van der Waals surface area contributed by atoms with Crippen molar-refractivity contribution in [3.63, 3.8) is 0 Å². The molecule has 3 amide bonds. The quantitative estimate of drug-likeness (QED) is 0.194. The van der Waals surface area contributed by atoms with Crippen LogP contribution in [0, 0.1) is 5.53 Å². The third-order valence-corrected chi connectivity index (χ3v) is 6.41. The number of hydrogen-bond acceptors (Lipinski definition) is 7. The molecule has 0 fully saturated rings. The summed E-state index contributed by atoms with van der Waals surface area (Å²) < 4.78 is 0. The second-order valence-corrected chi connectivity index (χ2v) is 8.83. The van der Waals surface area contributed by atoms with E-state index in [-0.39, 0.29) is 11.8 Å². The maximum atomic E-state index is 13.0. The fraction of sp³-hybridized carbons (Fsp3) is 0.464. The predicted octanol–water partition coefficient (Wildman–Crippen LogP) is 4.13. The molecule has 4 N–H and O–H groups in total. The summed E-state index contributed by atoms with van der Waals surface area (Å²) in [6.45, 7) is 14.6. The van der Waals surface area contributed by atoms with E-state index >= 15 is 0 Å². The van der Waals surface area contributed by atoms with Crippen LogP contribution in [0.5, 0.6) is 0 Å². The zero-order chi connectivity index (χ0) is 27.9. The number of anilines is 1. The number of nitrogens with one attached hydrogen (secondary N) is 4. The van der Waals surface area contributed by atoms with E-state index < -0.39 is 5.91 Å². The smallest absolute Gasteiger partial charge is 0.255 e. The number of benzene rings is 2. The SMILES string of the molecule is CCN(CC)CCCNC(=O)c1cc(NC(=O)c2ccc(N=N)cc2)cc(C(=O)NCCN(CC)CC)c1. The number of carbonyl (C=O) groups is 3. The monoisotopic (exact) mass is 523 g/mol. The van der Waals surface area contributed by atoms with Crippen LogP contribution in [0.1, 0.15) is 65.2 Å². The standard InChI is InChI=1S/C28H41N7O3/c1-5-34(6-2)16-9-14-30-26(36)22-18-23(27(37)31-15-17-35(7-3)8-4)20-25(19-22)32-28(38)21-10-12-24(33-29)13-11-21/h10-13,18-20,29H,5-9,14-17H2,1-4H3,(H,30,36)(H,31,37)(H,32,38). The molecule has 38 heavy (non-hydrogen) atoms. The number of likely N-dealkylation sites (N-methyl/N-ethyl adjacent to an activating group) is 1. The predicted molar refractivity (Wildman–Crippen MR) is 151 cm³/mol. The Morgan fingerprint density at radius 1 is 0.711 bits per heavy atom.